The number of para-hydroxylation sites is 1. The molecule has 0 atom stereocenters. The van der Waals surface area contributed by atoms with Gasteiger partial charge in [0.15, 0.2) is 0 Å². The summed E-state index contributed by atoms with van der Waals surface area (Å²) in [6, 6.07) is 7.44. The average molecular weight is 197 g/mol. The largest absolute Gasteiger partial charge is 0.488 e. The third kappa shape index (κ3) is 3.11. The second-order valence-corrected chi connectivity index (χ2v) is 3.23. The summed E-state index contributed by atoms with van der Waals surface area (Å²) in [6.07, 6.45) is 0.935. The number of hydrogen-bond acceptors (Lipinski definition) is 1. The number of hydrogen-bond donors (Lipinski definition) is 0. The summed E-state index contributed by atoms with van der Waals surface area (Å²) >= 11 is 5.90. The van der Waals surface area contributed by atoms with E-state index in [1.54, 1.807) is 0 Å². The highest BCUT2D eigenvalue weighted by Gasteiger charge is 1.99. The minimum absolute atomic E-state index is 0.542. The second-order valence-electron chi connectivity index (χ2n) is 2.82. The molecule has 0 radical (unpaired) electrons. The molecule has 1 aromatic carbocycles. The molecule has 1 rings (SSSR count). The van der Waals surface area contributed by atoms with Crippen molar-refractivity contribution in [1.82, 2.24) is 0 Å². The number of rotatable bonds is 4. The first-order valence-electron chi connectivity index (χ1n) is 4.28. The molecule has 0 unspecified atom stereocenters. The van der Waals surface area contributed by atoms with Crippen molar-refractivity contribution in [3.8, 4) is 5.75 Å². The molecular formula is C11H13ClO. The van der Waals surface area contributed by atoms with Crippen LogP contribution in [0.25, 0.3) is 0 Å². The van der Waals surface area contributed by atoms with E-state index < -0.39 is 0 Å². The molecule has 0 N–H and O–H groups in total. The van der Waals surface area contributed by atoms with Crippen LogP contribution in [-0.2, 0) is 0 Å². The first-order valence-corrected chi connectivity index (χ1v) is 4.65. The van der Waals surface area contributed by atoms with Gasteiger partial charge in [-0.15, -0.1) is 0 Å². The van der Waals surface area contributed by atoms with Gasteiger partial charge in [0.05, 0.1) is 5.02 Å². The Hall–Kier alpha value is -0.950. The number of ether oxygens (including phenoxy) is 1. The monoisotopic (exact) mass is 196 g/mol. The Morgan fingerprint density at radius 2 is 2.15 bits per heavy atom. The van der Waals surface area contributed by atoms with Gasteiger partial charge in [-0.1, -0.05) is 37.2 Å². The number of halogens is 1. The molecule has 0 fully saturated rings. The molecule has 0 saturated heterocycles. The molecule has 1 nitrogen and oxygen atoms in total. The van der Waals surface area contributed by atoms with Crippen LogP contribution in [-0.4, -0.2) is 6.61 Å². The molecule has 0 aliphatic heterocycles. The first kappa shape index (κ1) is 10.1. The summed E-state index contributed by atoms with van der Waals surface area (Å²) in [4.78, 5) is 0. The van der Waals surface area contributed by atoms with Gasteiger partial charge in [-0.3, -0.25) is 0 Å². The SMILES string of the molecule is C=C(CC)COc1ccccc1Cl. The van der Waals surface area contributed by atoms with Gasteiger partial charge in [-0.05, 0) is 24.1 Å². The summed E-state index contributed by atoms with van der Waals surface area (Å²) in [5.74, 6) is 0.721. The lowest BCUT2D eigenvalue weighted by atomic mass is 10.2. The summed E-state index contributed by atoms with van der Waals surface area (Å²) in [5, 5.41) is 0.645. The second kappa shape index (κ2) is 4.93. The summed E-state index contributed by atoms with van der Waals surface area (Å²) in [6.45, 7) is 6.45. The first-order chi connectivity index (χ1) is 6.24. The third-order valence-electron chi connectivity index (χ3n) is 1.77. The molecule has 0 aliphatic carbocycles. The van der Waals surface area contributed by atoms with Gasteiger partial charge in [-0.2, -0.15) is 0 Å². The van der Waals surface area contributed by atoms with Crippen LogP contribution in [0.2, 0.25) is 5.02 Å². The van der Waals surface area contributed by atoms with E-state index in [0.29, 0.717) is 11.6 Å². The normalized spacial score (nSPS) is 9.69. The molecule has 70 valence electrons. The topological polar surface area (TPSA) is 9.23 Å². The lowest BCUT2D eigenvalue weighted by molar-refractivity contribution is 0.349. The van der Waals surface area contributed by atoms with Gasteiger partial charge >= 0.3 is 0 Å². The zero-order chi connectivity index (χ0) is 9.68. The van der Waals surface area contributed by atoms with E-state index in [4.69, 9.17) is 16.3 Å². The summed E-state index contributed by atoms with van der Waals surface area (Å²) in [5.41, 5.74) is 1.07. The molecule has 0 aliphatic rings. The number of benzene rings is 1. The van der Waals surface area contributed by atoms with E-state index >= 15 is 0 Å². The Kier molecular flexibility index (Phi) is 3.84. The fraction of sp³-hybridized carbons (Fsp3) is 0.273. The maximum Gasteiger partial charge on any atom is 0.138 e. The van der Waals surface area contributed by atoms with E-state index in [2.05, 4.69) is 13.5 Å². The lowest BCUT2D eigenvalue weighted by Gasteiger charge is -2.07. The van der Waals surface area contributed by atoms with Crippen molar-refractivity contribution in [2.24, 2.45) is 0 Å². The van der Waals surface area contributed by atoms with Gasteiger partial charge in [0.2, 0.25) is 0 Å². The van der Waals surface area contributed by atoms with Gasteiger partial charge in [0.1, 0.15) is 12.4 Å². The lowest BCUT2D eigenvalue weighted by Crippen LogP contribution is -1.99. The van der Waals surface area contributed by atoms with Crippen LogP contribution in [0.4, 0.5) is 0 Å². The van der Waals surface area contributed by atoms with Crippen molar-refractivity contribution < 1.29 is 4.74 Å². The van der Waals surface area contributed by atoms with E-state index in [-0.39, 0.29) is 0 Å². The highest BCUT2D eigenvalue weighted by atomic mass is 35.5. The van der Waals surface area contributed by atoms with Gasteiger partial charge < -0.3 is 4.74 Å². The minimum Gasteiger partial charge on any atom is -0.488 e. The third-order valence-corrected chi connectivity index (χ3v) is 2.08. The van der Waals surface area contributed by atoms with Gasteiger partial charge in [0, 0.05) is 0 Å². The van der Waals surface area contributed by atoms with E-state index in [9.17, 15) is 0 Å². The standard InChI is InChI=1S/C11H13ClO/c1-3-9(2)8-13-11-7-5-4-6-10(11)12/h4-7H,2-3,8H2,1H3. The quantitative estimate of drug-likeness (QED) is 0.668. The zero-order valence-corrected chi connectivity index (χ0v) is 8.47. The van der Waals surface area contributed by atoms with Crippen LogP contribution in [0.5, 0.6) is 5.75 Å². The Bertz CT molecular complexity index is 294. The molecule has 0 aromatic heterocycles. The molecular weight excluding hydrogens is 184 g/mol. The van der Waals surface area contributed by atoms with Crippen molar-refractivity contribution >= 4 is 11.6 Å². The zero-order valence-electron chi connectivity index (χ0n) is 7.72. The molecule has 0 spiro atoms. The summed E-state index contributed by atoms with van der Waals surface area (Å²) < 4.78 is 5.46. The van der Waals surface area contributed by atoms with E-state index in [1.807, 2.05) is 24.3 Å². The molecule has 0 amide bonds. The van der Waals surface area contributed by atoms with E-state index in [1.165, 1.54) is 0 Å². The molecule has 0 bridgehead atoms. The Labute approximate surface area is 84.0 Å². The molecule has 0 heterocycles. The smallest absolute Gasteiger partial charge is 0.138 e. The minimum atomic E-state index is 0.542. The maximum atomic E-state index is 5.90. The Balaban J connectivity index is 2.54. The predicted molar refractivity (Wildman–Crippen MR) is 56.4 cm³/mol. The maximum absolute atomic E-state index is 5.90. The highest BCUT2D eigenvalue weighted by Crippen LogP contribution is 2.23. The van der Waals surface area contributed by atoms with Crippen LogP contribution in [0.15, 0.2) is 36.4 Å². The van der Waals surface area contributed by atoms with Crippen LogP contribution in [0, 0.1) is 0 Å². The van der Waals surface area contributed by atoms with Crippen molar-refractivity contribution in [3.63, 3.8) is 0 Å². The fourth-order valence-electron chi connectivity index (χ4n) is 0.844. The molecule has 1 aromatic rings. The molecule has 0 saturated carbocycles. The molecule has 13 heavy (non-hydrogen) atoms. The predicted octanol–water partition coefficient (Wildman–Crippen LogP) is 3.69. The van der Waals surface area contributed by atoms with Gasteiger partial charge in [-0.25, -0.2) is 0 Å². The molecule has 2 heteroatoms. The van der Waals surface area contributed by atoms with E-state index in [0.717, 1.165) is 17.7 Å². The van der Waals surface area contributed by atoms with Crippen LogP contribution < -0.4 is 4.74 Å². The van der Waals surface area contributed by atoms with Crippen molar-refractivity contribution in [1.29, 1.82) is 0 Å². The van der Waals surface area contributed by atoms with Crippen molar-refractivity contribution in [2.75, 3.05) is 6.61 Å². The Morgan fingerprint density at radius 1 is 1.46 bits per heavy atom. The Morgan fingerprint density at radius 3 is 2.77 bits per heavy atom. The van der Waals surface area contributed by atoms with Crippen molar-refractivity contribution in [2.45, 2.75) is 13.3 Å². The van der Waals surface area contributed by atoms with Crippen LogP contribution in [0.3, 0.4) is 0 Å². The van der Waals surface area contributed by atoms with Crippen LogP contribution >= 0.6 is 11.6 Å². The fourth-order valence-corrected chi connectivity index (χ4v) is 1.03. The highest BCUT2D eigenvalue weighted by molar-refractivity contribution is 6.32. The van der Waals surface area contributed by atoms with Crippen LogP contribution in [0.1, 0.15) is 13.3 Å². The average Bonchev–Trinajstić information content (AvgIpc) is 2.16. The van der Waals surface area contributed by atoms with Gasteiger partial charge in [0.25, 0.3) is 0 Å². The van der Waals surface area contributed by atoms with Crippen molar-refractivity contribution in [3.05, 3.63) is 41.4 Å². The summed E-state index contributed by atoms with van der Waals surface area (Å²) in [7, 11) is 0.